The van der Waals surface area contributed by atoms with Crippen LogP contribution in [0.2, 0.25) is 0 Å². The normalized spacial score (nSPS) is 54.9. The molecule has 0 spiro atoms. The minimum atomic E-state index is -2.86. The summed E-state index contributed by atoms with van der Waals surface area (Å²) < 4.78 is 41.5. The Morgan fingerprint density at radius 1 is 1.10 bits per heavy atom. The van der Waals surface area contributed by atoms with Gasteiger partial charge in [-0.25, -0.2) is 0 Å². The molecule has 4 saturated carbocycles. The average molecular weight is 426 g/mol. The number of hydrogen-bond donors (Lipinski definition) is 3. The van der Waals surface area contributed by atoms with E-state index < -0.39 is 37.3 Å². The van der Waals surface area contributed by atoms with E-state index in [2.05, 4.69) is 20.8 Å². The summed E-state index contributed by atoms with van der Waals surface area (Å²) in [5, 5.41) is 31.6. The fourth-order valence-corrected chi connectivity index (χ4v) is 8.99. The van der Waals surface area contributed by atoms with Crippen LogP contribution >= 0.6 is 0 Å². The number of aliphatic hydroxyl groups is 2. The van der Waals surface area contributed by atoms with Crippen molar-refractivity contribution in [1.82, 2.24) is 0 Å². The number of carbonyl (C=O) groups is 1. The van der Waals surface area contributed by atoms with Crippen molar-refractivity contribution in [3.63, 3.8) is 0 Å². The van der Waals surface area contributed by atoms with Crippen molar-refractivity contribution < 1.29 is 27.0 Å². The number of carboxylic acids is 1. The number of aliphatic hydroxyl groups excluding tert-OH is 2. The van der Waals surface area contributed by atoms with Gasteiger partial charge in [-0.05, 0) is 104 Å². The second kappa shape index (κ2) is 8.06. The van der Waals surface area contributed by atoms with Gasteiger partial charge in [0.05, 0.1) is 12.2 Å². The minimum absolute atomic E-state index is 0.0747. The first-order valence-corrected chi connectivity index (χ1v) is 12.1. The van der Waals surface area contributed by atoms with E-state index in [0.29, 0.717) is 25.2 Å². The molecule has 0 bridgehead atoms. The monoisotopic (exact) mass is 425 g/mol. The number of hydrogen-bond acceptors (Lipinski definition) is 3. The molecule has 3 N–H and O–H groups in total. The summed E-state index contributed by atoms with van der Waals surface area (Å²) in [5.74, 6) is -1.47. The van der Waals surface area contributed by atoms with Crippen molar-refractivity contribution in [1.29, 1.82) is 0 Å². The van der Waals surface area contributed by atoms with E-state index in [-0.39, 0.29) is 46.8 Å². The highest BCUT2D eigenvalue weighted by molar-refractivity contribution is 5.66. The molecule has 0 aliphatic heterocycles. The summed E-state index contributed by atoms with van der Waals surface area (Å²) in [4.78, 5) is 11.2. The predicted molar refractivity (Wildman–Crippen MR) is 118 cm³/mol. The number of rotatable bonds is 5. The first-order valence-electron chi connectivity index (χ1n) is 14.6. The fourth-order valence-electron chi connectivity index (χ4n) is 8.99. The molecule has 4 nitrogen and oxygen atoms in total. The van der Waals surface area contributed by atoms with Crippen LogP contribution in [0.15, 0.2) is 0 Å². The summed E-state index contributed by atoms with van der Waals surface area (Å²) in [6.45, 7) is 3.72. The highest BCUT2D eigenvalue weighted by Gasteiger charge is 2.64. The van der Waals surface area contributed by atoms with Crippen LogP contribution in [0.5, 0.6) is 0 Å². The molecule has 4 aliphatic rings. The Balaban J connectivity index is 1.72. The lowest BCUT2D eigenvalue weighted by Crippen LogP contribution is -2.62. The molecular weight excluding hydrogens is 376 g/mol. The maximum atomic E-state index is 11.9. The Morgan fingerprint density at radius 2 is 1.80 bits per heavy atom. The quantitative estimate of drug-likeness (QED) is 0.572. The highest BCUT2D eigenvalue weighted by atomic mass is 16.4. The Hall–Kier alpha value is -0.610. The van der Waals surface area contributed by atoms with Crippen molar-refractivity contribution in [2.45, 2.75) is 104 Å². The van der Waals surface area contributed by atoms with Gasteiger partial charge in [-0.2, -0.15) is 0 Å². The molecule has 0 saturated heterocycles. The number of aliphatic carboxylic acids is 1. The first-order chi connectivity index (χ1) is 16.1. The van der Waals surface area contributed by atoms with Gasteiger partial charge in [-0.3, -0.25) is 4.79 Å². The third-order valence-corrected chi connectivity index (χ3v) is 10.5. The SMILES string of the molecule is [2H]C([2H])([2H])C([2H])([2H])C1C2C[C@H](O)CC[C@]2(C)[C@H]2CC[C@]3(C)[C@@H]([C@H](C)CCC(=O)O)CC[C@H]3[C@@H]2[C@@H]1O. The van der Waals surface area contributed by atoms with E-state index in [4.69, 9.17) is 6.85 Å². The molecule has 4 rings (SSSR count). The van der Waals surface area contributed by atoms with E-state index in [1.54, 1.807) is 0 Å². The van der Waals surface area contributed by atoms with Crippen LogP contribution in [0.3, 0.4) is 0 Å². The maximum Gasteiger partial charge on any atom is 0.303 e. The summed E-state index contributed by atoms with van der Waals surface area (Å²) >= 11 is 0. The van der Waals surface area contributed by atoms with Gasteiger partial charge in [0.15, 0.2) is 0 Å². The fraction of sp³-hybridized carbons (Fsp3) is 0.962. The van der Waals surface area contributed by atoms with Crippen LogP contribution in [0.4, 0.5) is 0 Å². The largest absolute Gasteiger partial charge is 0.481 e. The summed E-state index contributed by atoms with van der Waals surface area (Å²) in [6, 6.07) is 0. The standard InChI is InChI=1S/C26H44O4/c1-5-17-21-14-16(27)10-12-26(21,4)20-11-13-25(3)18(15(2)6-9-22(28)29)7-8-19(25)23(20)24(17)30/h15-21,23-24,27,30H,5-14H2,1-4H3,(H,28,29)/t15-,16-,17?,18-,19+,20+,21?,23+,24-,25-,26-/m1/s1/i1D3,5D2. The van der Waals surface area contributed by atoms with Crippen LogP contribution in [0.1, 0.15) is 98.6 Å². The maximum absolute atomic E-state index is 11.9. The lowest BCUT2D eigenvalue weighted by atomic mass is 9.41. The minimum Gasteiger partial charge on any atom is -0.481 e. The van der Waals surface area contributed by atoms with Crippen LogP contribution in [0.25, 0.3) is 0 Å². The predicted octanol–water partition coefficient (Wildman–Crippen LogP) is 5.11. The lowest BCUT2D eigenvalue weighted by Gasteiger charge is -2.64. The third kappa shape index (κ3) is 3.36. The Labute approximate surface area is 189 Å². The van der Waals surface area contributed by atoms with E-state index in [9.17, 15) is 20.1 Å². The molecule has 4 aliphatic carbocycles. The molecule has 4 heteroatoms. The van der Waals surface area contributed by atoms with Crippen LogP contribution < -0.4 is 0 Å². The van der Waals surface area contributed by atoms with Gasteiger partial charge in [0, 0.05) is 13.3 Å². The Morgan fingerprint density at radius 3 is 2.50 bits per heavy atom. The van der Waals surface area contributed by atoms with Gasteiger partial charge >= 0.3 is 5.97 Å². The molecule has 2 unspecified atom stereocenters. The van der Waals surface area contributed by atoms with Gasteiger partial charge < -0.3 is 15.3 Å². The van der Waals surface area contributed by atoms with Gasteiger partial charge in [-0.1, -0.05) is 34.0 Å². The van der Waals surface area contributed by atoms with Crippen molar-refractivity contribution in [2.24, 2.45) is 52.3 Å². The van der Waals surface area contributed by atoms with Crippen molar-refractivity contribution >= 4 is 5.97 Å². The molecule has 30 heavy (non-hydrogen) atoms. The molecule has 0 aromatic rings. The van der Waals surface area contributed by atoms with Gasteiger partial charge in [-0.15, -0.1) is 0 Å². The van der Waals surface area contributed by atoms with E-state index in [1.165, 1.54) is 0 Å². The molecule has 0 amide bonds. The van der Waals surface area contributed by atoms with Crippen molar-refractivity contribution in [3.8, 4) is 0 Å². The molecule has 0 aromatic heterocycles. The molecule has 172 valence electrons. The zero-order valence-corrected chi connectivity index (χ0v) is 18.8. The molecule has 0 heterocycles. The lowest BCUT2D eigenvalue weighted by molar-refractivity contribution is -0.203. The molecule has 4 fully saturated rings. The second-order valence-electron chi connectivity index (χ2n) is 11.6. The van der Waals surface area contributed by atoms with Crippen molar-refractivity contribution in [3.05, 3.63) is 0 Å². The van der Waals surface area contributed by atoms with Crippen LogP contribution in [-0.2, 0) is 4.79 Å². The van der Waals surface area contributed by atoms with Crippen molar-refractivity contribution in [2.75, 3.05) is 0 Å². The van der Waals surface area contributed by atoms with E-state index in [1.807, 2.05) is 0 Å². The van der Waals surface area contributed by atoms with Gasteiger partial charge in [0.1, 0.15) is 0 Å². The third-order valence-electron chi connectivity index (χ3n) is 10.5. The summed E-state index contributed by atoms with van der Waals surface area (Å²) in [6.07, 6.45) is 2.03. The van der Waals surface area contributed by atoms with E-state index in [0.717, 1.165) is 32.1 Å². The topological polar surface area (TPSA) is 77.8 Å². The summed E-state index contributed by atoms with van der Waals surface area (Å²) in [5.41, 5.74) is -0.393. The zero-order chi connectivity index (χ0) is 26.1. The highest BCUT2D eigenvalue weighted by Crippen LogP contribution is 2.69. The second-order valence-corrected chi connectivity index (χ2v) is 11.6. The molecule has 11 atom stereocenters. The number of fused-ring (bicyclic) bond motifs is 5. The Bertz CT molecular complexity index is 818. The molecular formula is C26H44O4. The number of carboxylic acid groups (broad SMARTS) is 1. The average Bonchev–Trinajstić information content (AvgIpc) is 3.09. The van der Waals surface area contributed by atoms with Gasteiger partial charge in [0.2, 0.25) is 0 Å². The zero-order valence-electron chi connectivity index (χ0n) is 23.8. The van der Waals surface area contributed by atoms with E-state index >= 15 is 0 Å². The van der Waals surface area contributed by atoms with Crippen LogP contribution in [-0.4, -0.2) is 33.5 Å². The molecule has 0 radical (unpaired) electrons. The first kappa shape index (κ1) is 16.9. The molecule has 0 aromatic carbocycles. The summed E-state index contributed by atoms with van der Waals surface area (Å²) in [7, 11) is 0. The van der Waals surface area contributed by atoms with Gasteiger partial charge in [0.25, 0.3) is 0 Å². The smallest absolute Gasteiger partial charge is 0.303 e. The Kier molecular flexibility index (Phi) is 4.56. The van der Waals surface area contributed by atoms with Crippen LogP contribution in [0, 0.1) is 52.3 Å².